The number of benzene rings is 2. The second-order valence-electron chi connectivity index (χ2n) is 5.21. The molecule has 2 aromatic carbocycles. The van der Waals surface area contributed by atoms with Crippen molar-refractivity contribution in [2.24, 2.45) is 11.7 Å². The second kappa shape index (κ2) is 6.78. The fourth-order valence-corrected chi connectivity index (χ4v) is 2.25. The third-order valence-electron chi connectivity index (χ3n) is 3.64. The Morgan fingerprint density at radius 1 is 1.00 bits per heavy atom. The minimum Gasteiger partial charge on any atom is -0.489 e. The van der Waals surface area contributed by atoms with Crippen LogP contribution in [0.5, 0.6) is 5.75 Å². The van der Waals surface area contributed by atoms with Crippen molar-refractivity contribution in [3.63, 3.8) is 0 Å². The molecule has 0 unspecified atom stereocenters. The Hall–Kier alpha value is -1.51. The highest BCUT2D eigenvalue weighted by molar-refractivity contribution is 5.85. The van der Waals surface area contributed by atoms with Crippen LogP contribution < -0.4 is 10.5 Å². The summed E-state index contributed by atoms with van der Waals surface area (Å²) in [6.45, 7) is 0.606. The fourth-order valence-electron chi connectivity index (χ4n) is 2.25. The van der Waals surface area contributed by atoms with Crippen molar-refractivity contribution >= 4 is 12.4 Å². The Kier molecular flexibility index (Phi) is 5.05. The van der Waals surface area contributed by atoms with Crippen LogP contribution in [0.3, 0.4) is 0 Å². The topological polar surface area (TPSA) is 35.2 Å². The van der Waals surface area contributed by atoms with Crippen LogP contribution in [-0.4, -0.2) is 0 Å². The molecule has 2 nitrogen and oxygen atoms in total. The average molecular weight is 290 g/mol. The average Bonchev–Trinajstić information content (AvgIpc) is 3.31. The van der Waals surface area contributed by atoms with Crippen molar-refractivity contribution in [1.29, 1.82) is 0 Å². The van der Waals surface area contributed by atoms with Crippen molar-refractivity contribution in [2.45, 2.75) is 25.5 Å². The predicted octanol–water partition coefficient (Wildman–Crippen LogP) is 4.10. The van der Waals surface area contributed by atoms with Crippen LogP contribution in [0.1, 0.15) is 30.0 Å². The van der Waals surface area contributed by atoms with E-state index in [1.807, 2.05) is 30.3 Å². The molecule has 0 heterocycles. The molecule has 0 spiro atoms. The lowest BCUT2D eigenvalue weighted by Gasteiger charge is -2.12. The quantitative estimate of drug-likeness (QED) is 0.899. The maximum absolute atomic E-state index is 6.17. The van der Waals surface area contributed by atoms with Gasteiger partial charge in [-0.1, -0.05) is 42.5 Å². The Labute approximate surface area is 126 Å². The van der Waals surface area contributed by atoms with Gasteiger partial charge in [-0.3, -0.25) is 0 Å². The van der Waals surface area contributed by atoms with Gasteiger partial charge in [-0.25, -0.2) is 0 Å². The van der Waals surface area contributed by atoms with Crippen LogP contribution in [-0.2, 0) is 6.61 Å². The molecule has 1 fully saturated rings. The SMILES string of the molecule is Cl.N[C@H](c1ccc(OCc2ccccc2)cc1)C1CC1. The first-order valence-corrected chi connectivity index (χ1v) is 6.85. The monoisotopic (exact) mass is 289 g/mol. The molecule has 3 heteroatoms. The maximum Gasteiger partial charge on any atom is 0.119 e. The number of hydrogen-bond donors (Lipinski definition) is 1. The zero-order valence-electron chi connectivity index (χ0n) is 11.4. The van der Waals surface area contributed by atoms with Gasteiger partial charge in [0.25, 0.3) is 0 Å². The maximum atomic E-state index is 6.17. The molecule has 1 atom stereocenters. The first-order chi connectivity index (χ1) is 9.33. The summed E-state index contributed by atoms with van der Waals surface area (Å²) in [5.74, 6) is 1.59. The summed E-state index contributed by atoms with van der Waals surface area (Å²) >= 11 is 0. The zero-order valence-corrected chi connectivity index (χ0v) is 12.2. The van der Waals surface area contributed by atoms with E-state index < -0.39 is 0 Å². The van der Waals surface area contributed by atoms with Gasteiger partial charge in [0.05, 0.1) is 0 Å². The van der Waals surface area contributed by atoms with Gasteiger partial charge in [-0.05, 0) is 42.0 Å². The number of rotatable bonds is 5. The van der Waals surface area contributed by atoms with E-state index in [9.17, 15) is 0 Å². The minimum atomic E-state index is 0. The minimum absolute atomic E-state index is 0. The zero-order chi connectivity index (χ0) is 13.1. The summed E-state index contributed by atoms with van der Waals surface area (Å²) in [5.41, 5.74) is 8.57. The molecule has 1 aliphatic carbocycles. The highest BCUT2D eigenvalue weighted by Crippen LogP contribution is 2.39. The number of nitrogens with two attached hydrogens (primary N) is 1. The van der Waals surface area contributed by atoms with Gasteiger partial charge < -0.3 is 10.5 Å². The van der Waals surface area contributed by atoms with Crippen LogP contribution in [0.15, 0.2) is 54.6 Å². The Morgan fingerprint density at radius 2 is 1.65 bits per heavy atom. The molecule has 0 aromatic heterocycles. The second-order valence-corrected chi connectivity index (χ2v) is 5.21. The van der Waals surface area contributed by atoms with E-state index in [1.165, 1.54) is 24.0 Å². The molecular formula is C17H20ClNO. The third kappa shape index (κ3) is 3.75. The summed E-state index contributed by atoms with van der Waals surface area (Å²) in [5, 5.41) is 0. The summed E-state index contributed by atoms with van der Waals surface area (Å²) in [4.78, 5) is 0. The van der Waals surface area contributed by atoms with E-state index in [2.05, 4.69) is 24.3 Å². The molecule has 0 saturated heterocycles. The summed E-state index contributed by atoms with van der Waals surface area (Å²) in [7, 11) is 0. The molecule has 0 bridgehead atoms. The third-order valence-corrected chi connectivity index (χ3v) is 3.64. The van der Waals surface area contributed by atoms with Gasteiger partial charge in [0, 0.05) is 6.04 Å². The Bertz CT molecular complexity index is 522. The smallest absolute Gasteiger partial charge is 0.119 e. The standard InChI is InChI=1S/C17H19NO.ClH/c18-17(14-6-7-14)15-8-10-16(11-9-15)19-12-13-4-2-1-3-5-13;/h1-5,8-11,14,17H,6-7,12,18H2;1H/t17-;/m0./s1. The number of ether oxygens (including phenoxy) is 1. The molecule has 1 saturated carbocycles. The molecule has 20 heavy (non-hydrogen) atoms. The summed E-state index contributed by atoms with van der Waals surface area (Å²) < 4.78 is 5.76. The fraction of sp³-hybridized carbons (Fsp3) is 0.294. The molecule has 1 aliphatic rings. The van der Waals surface area contributed by atoms with Crippen molar-refractivity contribution in [2.75, 3.05) is 0 Å². The van der Waals surface area contributed by atoms with Crippen molar-refractivity contribution in [1.82, 2.24) is 0 Å². The summed E-state index contributed by atoms with van der Waals surface area (Å²) in [6.07, 6.45) is 2.54. The largest absolute Gasteiger partial charge is 0.489 e. The van der Waals surface area contributed by atoms with Crippen LogP contribution >= 0.6 is 12.4 Å². The summed E-state index contributed by atoms with van der Waals surface area (Å²) in [6, 6.07) is 18.6. The van der Waals surface area contributed by atoms with Crippen LogP contribution in [0, 0.1) is 5.92 Å². The highest BCUT2D eigenvalue weighted by Gasteiger charge is 2.29. The van der Waals surface area contributed by atoms with Crippen LogP contribution in [0.4, 0.5) is 0 Å². The van der Waals surface area contributed by atoms with E-state index in [-0.39, 0.29) is 18.4 Å². The Morgan fingerprint density at radius 3 is 2.25 bits per heavy atom. The molecule has 0 aliphatic heterocycles. The van der Waals surface area contributed by atoms with Crippen LogP contribution in [0.25, 0.3) is 0 Å². The van der Waals surface area contributed by atoms with Crippen molar-refractivity contribution < 1.29 is 4.74 Å². The molecule has 0 radical (unpaired) electrons. The van der Waals surface area contributed by atoms with E-state index in [4.69, 9.17) is 10.5 Å². The van der Waals surface area contributed by atoms with Gasteiger partial charge in [-0.15, -0.1) is 12.4 Å². The van der Waals surface area contributed by atoms with Gasteiger partial charge in [0.1, 0.15) is 12.4 Å². The number of halogens is 1. The van der Waals surface area contributed by atoms with Crippen LogP contribution in [0.2, 0.25) is 0 Å². The molecular weight excluding hydrogens is 270 g/mol. The first kappa shape index (κ1) is 14.9. The predicted molar refractivity (Wildman–Crippen MR) is 84.1 cm³/mol. The Balaban J connectivity index is 0.00000147. The molecule has 2 aromatic rings. The van der Waals surface area contributed by atoms with Crippen molar-refractivity contribution in [3.8, 4) is 5.75 Å². The number of hydrogen-bond acceptors (Lipinski definition) is 2. The van der Waals surface area contributed by atoms with E-state index in [0.717, 1.165) is 5.75 Å². The van der Waals surface area contributed by atoms with E-state index in [0.29, 0.717) is 12.5 Å². The van der Waals surface area contributed by atoms with E-state index in [1.54, 1.807) is 0 Å². The highest BCUT2D eigenvalue weighted by atomic mass is 35.5. The molecule has 3 rings (SSSR count). The van der Waals surface area contributed by atoms with Gasteiger partial charge >= 0.3 is 0 Å². The molecule has 106 valence electrons. The van der Waals surface area contributed by atoms with Gasteiger partial charge in [-0.2, -0.15) is 0 Å². The molecule has 2 N–H and O–H groups in total. The lowest BCUT2D eigenvalue weighted by Crippen LogP contribution is -2.11. The van der Waals surface area contributed by atoms with E-state index >= 15 is 0 Å². The van der Waals surface area contributed by atoms with Crippen molar-refractivity contribution in [3.05, 3.63) is 65.7 Å². The normalized spacial score (nSPS) is 15.2. The lowest BCUT2D eigenvalue weighted by atomic mass is 10.0. The first-order valence-electron chi connectivity index (χ1n) is 6.85. The van der Waals surface area contributed by atoms with Gasteiger partial charge in [0.15, 0.2) is 0 Å². The lowest BCUT2D eigenvalue weighted by molar-refractivity contribution is 0.306. The molecule has 0 amide bonds. The van der Waals surface area contributed by atoms with Gasteiger partial charge in [0.2, 0.25) is 0 Å².